The van der Waals surface area contributed by atoms with Gasteiger partial charge in [0.05, 0.1) is 9.82 Å². The minimum absolute atomic E-state index is 0.0506. The van der Waals surface area contributed by atoms with Gasteiger partial charge in [-0.1, -0.05) is 132 Å². The number of nitro benzene ring substituents is 1. The van der Waals surface area contributed by atoms with E-state index in [4.69, 9.17) is 0 Å². The van der Waals surface area contributed by atoms with Crippen molar-refractivity contribution >= 4 is 21.4 Å². The monoisotopic (exact) mass is 666 g/mol. The van der Waals surface area contributed by atoms with E-state index in [1.165, 1.54) is 6.07 Å². The van der Waals surface area contributed by atoms with Crippen molar-refractivity contribution in [2.45, 2.75) is 163 Å². The van der Waals surface area contributed by atoms with E-state index in [1.54, 1.807) is 16.4 Å². The second-order valence-electron chi connectivity index (χ2n) is 13.8. The van der Waals surface area contributed by atoms with Crippen LogP contribution >= 0.6 is 0 Å². The van der Waals surface area contributed by atoms with Crippen LogP contribution in [0.15, 0.2) is 23.1 Å². The van der Waals surface area contributed by atoms with Crippen LogP contribution in [0.3, 0.4) is 0 Å². The fourth-order valence-electron chi connectivity index (χ4n) is 6.64. The van der Waals surface area contributed by atoms with Crippen LogP contribution in [0.1, 0.15) is 158 Å². The second-order valence-corrected chi connectivity index (χ2v) is 15.7. The van der Waals surface area contributed by atoms with Crippen LogP contribution < -0.4 is 4.90 Å². The van der Waals surface area contributed by atoms with Crippen molar-refractivity contribution < 1.29 is 13.3 Å². The van der Waals surface area contributed by atoms with E-state index in [9.17, 15) is 18.5 Å². The highest BCUT2D eigenvalue weighted by Gasteiger charge is 2.32. The molecular formula is C38H71N3O4S. The zero-order valence-corrected chi connectivity index (χ0v) is 31.9. The van der Waals surface area contributed by atoms with Crippen molar-refractivity contribution in [1.29, 1.82) is 0 Å². The van der Waals surface area contributed by atoms with Gasteiger partial charge in [-0.3, -0.25) is 10.1 Å². The summed E-state index contributed by atoms with van der Waals surface area (Å²) >= 11 is 0. The molecule has 1 aromatic rings. The number of anilines is 1. The van der Waals surface area contributed by atoms with Crippen molar-refractivity contribution in [3.63, 3.8) is 0 Å². The molecule has 4 atom stereocenters. The van der Waals surface area contributed by atoms with E-state index >= 15 is 0 Å². The predicted octanol–water partition coefficient (Wildman–Crippen LogP) is 11.3. The lowest BCUT2D eigenvalue weighted by molar-refractivity contribution is -0.384. The molecule has 1 aromatic carbocycles. The summed E-state index contributed by atoms with van der Waals surface area (Å²) in [5.74, 6) is 1.41. The molecule has 0 radical (unpaired) electrons. The molecule has 0 aliphatic rings. The molecule has 0 fully saturated rings. The summed E-state index contributed by atoms with van der Waals surface area (Å²) in [5.41, 5.74) is 0.469. The van der Waals surface area contributed by atoms with Gasteiger partial charge in [0.25, 0.3) is 5.69 Å². The molecule has 0 N–H and O–H groups in total. The maximum absolute atomic E-state index is 14.4. The van der Waals surface area contributed by atoms with Crippen LogP contribution in [0.4, 0.5) is 11.4 Å². The maximum Gasteiger partial charge on any atom is 0.293 e. The molecule has 0 spiro atoms. The van der Waals surface area contributed by atoms with Gasteiger partial charge < -0.3 is 4.90 Å². The summed E-state index contributed by atoms with van der Waals surface area (Å²) < 4.78 is 30.5. The highest BCUT2D eigenvalue weighted by molar-refractivity contribution is 7.89. The van der Waals surface area contributed by atoms with Crippen LogP contribution in [0.25, 0.3) is 0 Å². The van der Waals surface area contributed by atoms with E-state index in [2.05, 4.69) is 60.3 Å². The van der Waals surface area contributed by atoms with Crippen LogP contribution in [-0.4, -0.2) is 43.8 Å². The van der Waals surface area contributed by atoms with Crippen LogP contribution in [0, 0.1) is 33.8 Å². The Kier molecular flexibility index (Phi) is 21.7. The molecule has 46 heavy (non-hydrogen) atoms. The van der Waals surface area contributed by atoms with Crippen molar-refractivity contribution in [3.05, 3.63) is 28.3 Å². The Morgan fingerprint density at radius 2 is 1.00 bits per heavy atom. The van der Waals surface area contributed by atoms with Crippen molar-refractivity contribution in [1.82, 2.24) is 4.31 Å². The maximum atomic E-state index is 14.4. The number of nitro groups is 1. The van der Waals surface area contributed by atoms with Gasteiger partial charge in [0.1, 0.15) is 5.69 Å². The van der Waals surface area contributed by atoms with E-state index in [1.807, 2.05) is 0 Å². The molecule has 0 bridgehead atoms. The Morgan fingerprint density at radius 3 is 1.33 bits per heavy atom. The second kappa shape index (κ2) is 23.6. The van der Waals surface area contributed by atoms with Gasteiger partial charge in [0.15, 0.2) is 0 Å². The van der Waals surface area contributed by atoms with E-state index in [0.29, 0.717) is 30.6 Å². The summed E-state index contributed by atoms with van der Waals surface area (Å²) in [6, 6.07) is 4.76. The molecule has 7 nitrogen and oxygen atoms in total. The Labute approximate surface area is 284 Å². The normalized spacial score (nSPS) is 14.7. The summed E-state index contributed by atoms with van der Waals surface area (Å²) in [6.45, 7) is 19.9. The average Bonchev–Trinajstić information content (AvgIpc) is 3.06. The number of sulfonamides is 1. The molecule has 268 valence electrons. The Balaban J connectivity index is 3.66. The van der Waals surface area contributed by atoms with Gasteiger partial charge in [-0.05, 0) is 61.5 Å². The average molecular weight is 666 g/mol. The molecule has 0 aliphatic carbocycles. The molecule has 1 rings (SSSR count). The lowest BCUT2D eigenvalue weighted by Gasteiger charge is -2.33. The third-order valence-corrected chi connectivity index (χ3v) is 12.0. The fraction of sp³-hybridized carbons (Fsp3) is 0.842. The molecule has 0 saturated heterocycles. The third-order valence-electron chi connectivity index (χ3n) is 10.2. The first-order valence-electron chi connectivity index (χ1n) is 19.1. The smallest absolute Gasteiger partial charge is 0.293 e. The molecule has 0 unspecified atom stereocenters. The molecule has 0 heterocycles. The van der Waals surface area contributed by atoms with Crippen LogP contribution in [0.2, 0.25) is 0 Å². The molecule has 0 saturated carbocycles. The first kappa shape index (κ1) is 42.4. The van der Waals surface area contributed by atoms with Gasteiger partial charge in [0.2, 0.25) is 10.0 Å². The lowest BCUT2D eigenvalue weighted by Crippen LogP contribution is -2.39. The van der Waals surface area contributed by atoms with Crippen molar-refractivity contribution in [3.8, 4) is 0 Å². The number of benzene rings is 1. The Bertz CT molecular complexity index is 1030. The van der Waals surface area contributed by atoms with Crippen LogP contribution in [-0.2, 0) is 10.0 Å². The van der Waals surface area contributed by atoms with Gasteiger partial charge in [-0.2, -0.15) is 4.31 Å². The molecular weight excluding hydrogens is 595 g/mol. The van der Waals surface area contributed by atoms with E-state index in [-0.39, 0.29) is 27.3 Å². The quantitative estimate of drug-likeness (QED) is 0.0657. The molecule has 8 heteroatoms. The van der Waals surface area contributed by atoms with Crippen molar-refractivity contribution in [2.24, 2.45) is 23.7 Å². The standard InChI is InChI=1S/C38H71N3O4S/c1-9-17-21-32(13-5)28-39(29-33(14-6)22-18-10-2)37-26-25-36(27-38(37)41(42)43)46(44,45)40(30-34(15-7)23-19-11-3)31-35(16-8)24-20-12-4/h25-27,32-35H,9-24,28-31H2,1-8H3/t32-,33-,34+,35+/m1/s1. The number of nitrogens with zero attached hydrogens (tertiary/aromatic N) is 3. The van der Waals surface area contributed by atoms with Gasteiger partial charge in [-0.15, -0.1) is 0 Å². The summed E-state index contributed by atoms with van der Waals surface area (Å²) in [5, 5.41) is 12.7. The summed E-state index contributed by atoms with van der Waals surface area (Å²) in [4.78, 5) is 14.6. The summed E-state index contributed by atoms with van der Waals surface area (Å²) in [7, 11) is -3.93. The highest BCUT2D eigenvalue weighted by Crippen LogP contribution is 2.35. The Hall–Kier alpha value is -1.67. The zero-order chi connectivity index (χ0) is 34.5. The first-order chi connectivity index (χ1) is 22.1. The number of rotatable bonds is 28. The van der Waals surface area contributed by atoms with Crippen LogP contribution in [0.5, 0.6) is 0 Å². The van der Waals surface area contributed by atoms with Gasteiger partial charge >= 0.3 is 0 Å². The van der Waals surface area contributed by atoms with Gasteiger partial charge in [0, 0.05) is 32.2 Å². The largest absolute Gasteiger partial charge is 0.365 e. The zero-order valence-electron chi connectivity index (χ0n) is 31.1. The Morgan fingerprint density at radius 1 is 0.630 bits per heavy atom. The van der Waals surface area contributed by atoms with E-state index < -0.39 is 10.0 Å². The summed E-state index contributed by atoms with van der Waals surface area (Å²) in [6.07, 6.45) is 16.9. The van der Waals surface area contributed by atoms with Gasteiger partial charge in [-0.25, -0.2) is 8.42 Å². The lowest BCUT2D eigenvalue weighted by atomic mass is 9.95. The molecule has 0 aromatic heterocycles. The minimum Gasteiger partial charge on any atom is -0.365 e. The molecule has 0 amide bonds. The predicted molar refractivity (Wildman–Crippen MR) is 197 cm³/mol. The highest BCUT2D eigenvalue weighted by atomic mass is 32.2. The SMILES string of the molecule is CCCC[C@@H](CC)CN(C[C@H](CC)CCCC)c1ccc(S(=O)(=O)N(C[C@@H](CC)CCCC)C[C@@H](CC)CCCC)cc1[N+](=O)[O-]. The van der Waals surface area contributed by atoms with E-state index in [0.717, 1.165) is 116 Å². The third kappa shape index (κ3) is 14.2. The van der Waals surface area contributed by atoms with Crippen molar-refractivity contribution in [2.75, 3.05) is 31.1 Å². The minimum atomic E-state index is -3.93. The topological polar surface area (TPSA) is 83.8 Å². The number of hydrogen-bond donors (Lipinski definition) is 0. The number of hydrogen-bond acceptors (Lipinski definition) is 5. The number of unbranched alkanes of at least 4 members (excludes halogenated alkanes) is 4. The fourth-order valence-corrected chi connectivity index (χ4v) is 8.25. The molecule has 0 aliphatic heterocycles. The first-order valence-corrected chi connectivity index (χ1v) is 20.5.